The Morgan fingerprint density at radius 3 is 2.48 bits per heavy atom. The molecule has 1 heterocycles. The second kappa shape index (κ2) is 11.5. The minimum Gasteiger partial charge on any atom is -0.494 e. The Labute approximate surface area is 203 Å². The Kier molecular flexibility index (Phi) is 8.15. The van der Waals surface area contributed by atoms with E-state index in [0.29, 0.717) is 12.2 Å². The number of hydrogen-bond acceptors (Lipinski definition) is 5. The number of rotatable bonds is 9. The van der Waals surface area contributed by atoms with Gasteiger partial charge in [0.1, 0.15) is 5.75 Å². The molecule has 7 heteroatoms. The molecule has 4 rings (SSSR count). The maximum atomic E-state index is 11.4. The van der Waals surface area contributed by atoms with Gasteiger partial charge in [-0.1, -0.05) is 41.6 Å². The molecule has 0 amide bonds. The van der Waals surface area contributed by atoms with Crippen LogP contribution in [-0.2, 0) is 0 Å². The zero-order chi connectivity index (χ0) is 23.0. The number of carbonyl (C=O) groups is 1. The quantitative estimate of drug-likeness (QED) is 0.390. The minimum absolute atomic E-state index is 0.310. The molecule has 33 heavy (non-hydrogen) atoms. The van der Waals surface area contributed by atoms with E-state index in [1.54, 1.807) is 12.1 Å². The molecule has 1 saturated heterocycles. The first-order valence-corrected chi connectivity index (χ1v) is 12.2. The Bertz CT molecular complexity index is 1070. The van der Waals surface area contributed by atoms with Crippen LogP contribution in [0.25, 0.3) is 0 Å². The molecule has 0 saturated carbocycles. The summed E-state index contributed by atoms with van der Waals surface area (Å²) in [6.45, 7) is 5.76. The second-order valence-corrected chi connectivity index (χ2v) is 9.44. The van der Waals surface area contributed by atoms with Crippen molar-refractivity contribution < 1.29 is 14.6 Å². The van der Waals surface area contributed by atoms with Crippen molar-refractivity contribution in [3.63, 3.8) is 0 Å². The van der Waals surface area contributed by atoms with E-state index >= 15 is 0 Å². The van der Waals surface area contributed by atoms with Gasteiger partial charge < -0.3 is 14.7 Å². The molecule has 0 radical (unpaired) electrons. The number of anilines is 1. The molecule has 0 unspecified atom stereocenters. The van der Waals surface area contributed by atoms with Crippen LogP contribution in [0.15, 0.2) is 82.6 Å². The van der Waals surface area contributed by atoms with E-state index in [2.05, 4.69) is 21.9 Å². The Hall–Kier alpha value is -2.67. The van der Waals surface area contributed by atoms with Crippen molar-refractivity contribution in [2.45, 2.75) is 16.2 Å². The molecule has 0 bridgehead atoms. The van der Waals surface area contributed by atoms with Crippen molar-refractivity contribution in [2.24, 2.45) is 0 Å². The summed E-state index contributed by atoms with van der Waals surface area (Å²) in [6.07, 6.45) is 0.958. The lowest BCUT2D eigenvalue weighted by Gasteiger charge is -2.36. The number of benzene rings is 3. The van der Waals surface area contributed by atoms with Crippen LogP contribution < -0.4 is 9.64 Å². The van der Waals surface area contributed by atoms with Gasteiger partial charge >= 0.3 is 5.97 Å². The van der Waals surface area contributed by atoms with Crippen molar-refractivity contribution in [2.75, 3.05) is 44.2 Å². The first-order valence-electron chi connectivity index (χ1n) is 11.0. The van der Waals surface area contributed by atoms with Gasteiger partial charge in [-0.25, -0.2) is 4.79 Å². The lowest BCUT2D eigenvalue weighted by Crippen LogP contribution is -2.46. The maximum Gasteiger partial charge on any atom is 0.336 e. The maximum absolute atomic E-state index is 11.4. The molecule has 1 aliphatic heterocycles. The number of nitrogens with zero attached hydrogens (tertiary/aromatic N) is 2. The van der Waals surface area contributed by atoms with Crippen molar-refractivity contribution in [3.05, 3.63) is 83.4 Å². The van der Waals surface area contributed by atoms with Crippen LogP contribution in [0.3, 0.4) is 0 Å². The highest BCUT2D eigenvalue weighted by atomic mass is 35.5. The summed E-state index contributed by atoms with van der Waals surface area (Å²) in [4.78, 5) is 18.0. The summed E-state index contributed by atoms with van der Waals surface area (Å²) in [5.41, 5.74) is 1.54. The molecule has 0 aliphatic carbocycles. The first kappa shape index (κ1) is 23.5. The van der Waals surface area contributed by atoms with Crippen molar-refractivity contribution in [1.82, 2.24) is 4.90 Å². The van der Waals surface area contributed by atoms with Crippen molar-refractivity contribution in [3.8, 4) is 5.75 Å². The van der Waals surface area contributed by atoms with E-state index in [1.165, 1.54) is 17.4 Å². The second-order valence-electron chi connectivity index (χ2n) is 7.89. The number of halogens is 1. The molecule has 1 fully saturated rings. The fraction of sp³-hybridized carbons (Fsp3) is 0.269. The molecule has 0 atom stereocenters. The summed E-state index contributed by atoms with van der Waals surface area (Å²) in [7, 11) is 0. The molecule has 5 nitrogen and oxygen atoms in total. The average Bonchev–Trinajstić information content (AvgIpc) is 2.83. The van der Waals surface area contributed by atoms with E-state index in [9.17, 15) is 9.90 Å². The third-order valence-corrected chi connectivity index (χ3v) is 6.92. The smallest absolute Gasteiger partial charge is 0.336 e. The zero-order valence-corrected chi connectivity index (χ0v) is 19.9. The highest BCUT2D eigenvalue weighted by Gasteiger charge is 2.17. The zero-order valence-electron chi connectivity index (χ0n) is 18.3. The Balaban J connectivity index is 1.21. The summed E-state index contributed by atoms with van der Waals surface area (Å²) in [5, 5.41) is 10.2. The molecule has 0 aromatic heterocycles. The fourth-order valence-corrected chi connectivity index (χ4v) is 4.96. The van der Waals surface area contributed by atoms with Gasteiger partial charge in [0.15, 0.2) is 0 Å². The van der Waals surface area contributed by atoms with E-state index in [1.807, 2.05) is 48.5 Å². The van der Waals surface area contributed by atoms with Crippen LogP contribution in [0.5, 0.6) is 5.75 Å². The molecular weight excluding hydrogens is 456 g/mol. The van der Waals surface area contributed by atoms with Crippen LogP contribution >= 0.6 is 23.4 Å². The van der Waals surface area contributed by atoms with Crippen molar-refractivity contribution in [1.29, 1.82) is 0 Å². The lowest BCUT2D eigenvalue weighted by atomic mass is 10.2. The third-order valence-electron chi connectivity index (χ3n) is 5.60. The molecule has 3 aromatic rings. The third kappa shape index (κ3) is 6.67. The summed E-state index contributed by atoms with van der Waals surface area (Å²) in [6, 6.07) is 22.9. The van der Waals surface area contributed by atoms with Gasteiger partial charge in [0.05, 0.1) is 12.2 Å². The number of hydrogen-bond donors (Lipinski definition) is 1. The molecule has 1 aliphatic rings. The molecular formula is C26H27ClN2O3S. The number of carboxylic acids is 1. The Morgan fingerprint density at radius 2 is 1.73 bits per heavy atom. The highest BCUT2D eigenvalue weighted by Crippen LogP contribution is 2.32. The number of piperazine rings is 1. The Morgan fingerprint density at radius 1 is 0.970 bits per heavy atom. The lowest BCUT2D eigenvalue weighted by molar-refractivity contribution is 0.0693. The molecule has 172 valence electrons. The van der Waals surface area contributed by atoms with Gasteiger partial charge in [-0.05, 0) is 61.0 Å². The number of ether oxygens (including phenoxy) is 1. The normalized spacial score (nSPS) is 14.3. The van der Waals surface area contributed by atoms with Gasteiger partial charge in [-0.3, -0.25) is 4.90 Å². The molecule has 1 N–H and O–H groups in total. The van der Waals surface area contributed by atoms with Crippen LogP contribution in [0.4, 0.5) is 5.69 Å². The van der Waals surface area contributed by atoms with E-state index in [0.717, 1.165) is 59.7 Å². The van der Waals surface area contributed by atoms with Gasteiger partial charge in [-0.15, -0.1) is 0 Å². The predicted molar refractivity (Wildman–Crippen MR) is 134 cm³/mol. The first-order chi connectivity index (χ1) is 16.1. The summed E-state index contributed by atoms with van der Waals surface area (Å²) >= 11 is 7.43. The van der Waals surface area contributed by atoms with Crippen LogP contribution in [-0.4, -0.2) is 55.3 Å². The van der Waals surface area contributed by atoms with E-state index in [4.69, 9.17) is 16.3 Å². The minimum atomic E-state index is -0.917. The van der Waals surface area contributed by atoms with E-state index < -0.39 is 5.97 Å². The summed E-state index contributed by atoms with van der Waals surface area (Å²) < 4.78 is 5.98. The topological polar surface area (TPSA) is 53.0 Å². The van der Waals surface area contributed by atoms with Crippen molar-refractivity contribution >= 4 is 35.0 Å². The van der Waals surface area contributed by atoms with Gasteiger partial charge in [0.2, 0.25) is 0 Å². The SMILES string of the molecule is O=C(O)c1ccccc1Sc1cccc(OCCCN2CCN(c3ccc(Cl)cc3)CC2)c1. The number of carboxylic acid groups (broad SMARTS) is 1. The summed E-state index contributed by atoms with van der Waals surface area (Å²) in [5.74, 6) is -0.111. The van der Waals surface area contributed by atoms with Gasteiger partial charge in [0.25, 0.3) is 0 Å². The highest BCUT2D eigenvalue weighted by molar-refractivity contribution is 7.99. The average molecular weight is 483 g/mol. The molecule has 3 aromatic carbocycles. The fourth-order valence-electron chi connectivity index (χ4n) is 3.85. The predicted octanol–water partition coefficient (Wildman–Crippen LogP) is 5.78. The van der Waals surface area contributed by atoms with Gasteiger partial charge in [0, 0.05) is 53.2 Å². The largest absolute Gasteiger partial charge is 0.494 e. The van der Waals surface area contributed by atoms with Crippen LogP contribution in [0.1, 0.15) is 16.8 Å². The van der Waals surface area contributed by atoms with E-state index in [-0.39, 0.29) is 0 Å². The standard InChI is InChI=1S/C26H27ClN2O3S/c27-20-9-11-21(12-10-20)29-16-14-28(15-17-29)13-4-18-32-22-5-3-6-23(19-22)33-25-8-2-1-7-24(25)26(30)31/h1-3,5-12,19H,4,13-18H2,(H,30,31). The number of aromatic carboxylic acids is 1. The van der Waals surface area contributed by atoms with Gasteiger partial charge in [-0.2, -0.15) is 0 Å². The van der Waals surface area contributed by atoms with Crippen LogP contribution in [0, 0.1) is 0 Å². The monoisotopic (exact) mass is 482 g/mol. The molecule has 0 spiro atoms. The van der Waals surface area contributed by atoms with Crippen LogP contribution in [0.2, 0.25) is 5.02 Å².